The second-order valence-electron chi connectivity index (χ2n) is 6.32. The van der Waals surface area contributed by atoms with Crippen molar-refractivity contribution in [3.63, 3.8) is 0 Å². The van der Waals surface area contributed by atoms with Gasteiger partial charge in [-0.2, -0.15) is 0 Å². The number of aromatic nitrogens is 1. The van der Waals surface area contributed by atoms with Gasteiger partial charge in [-0.3, -0.25) is 9.88 Å². The standard InChI is InChI=1S/C16H17FN2O.C4H4O4/c1-19-6-2-3-15(19)13-7-12(9-18-10-13)11-4-5-16(20)14(17)8-11;5-3(6)1-2-4(7)8/h4-5,7-10,15,20H,2-3,6H2,1H3;1-2H,(H,5,6)(H,7,8). The van der Waals surface area contributed by atoms with E-state index in [2.05, 4.69) is 23.0 Å². The molecule has 3 rings (SSSR count). The van der Waals surface area contributed by atoms with E-state index < -0.39 is 17.8 Å². The zero-order chi connectivity index (χ0) is 20.7. The van der Waals surface area contributed by atoms with Crippen molar-refractivity contribution in [2.75, 3.05) is 13.6 Å². The van der Waals surface area contributed by atoms with Crippen LogP contribution in [0.5, 0.6) is 5.75 Å². The molecular weight excluding hydrogens is 367 g/mol. The molecule has 1 saturated heterocycles. The second kappa shape index (κ2) is 9.61. The SMILES string of the molecule is CN1CCCC1c1cncc(-c2ccc(O)c(F)c2)c1.O=C(O)C=CC(=O)O. The lowest BCUT2D eigenvalue weighted by Gasteiger charge is -2.20. The van der Waals surface area contributed by atoms with Crippen LogP contribution < -0.4 is 0 Å². The number of aromatic hydroxyl groups is 1. The van der Waals surface area contributed by atoms with Gasteiger partial charge in [0.25, 0.3) is 0 Å². The minimum absolute atomic E-state index is 0.326. The van der Waals surface area contributed by atoms with Crippen molar-refractivity contribution < 1.29 is 29.3 Å². The summed E-state index contributed by atoms with van der Waals surface area (Å²) in [5, 5.41) is 24.9. The van der Waals surface area contributed by atoms with E-state index in [1.807, 2.05) is 6.20 Å². The normalized spacial score (nSPS) is 16.6. The Kier molecular flexibility index (Phi) is 7.22. The fraction of sp³-hybridized carbons (Fsp3) is 0.250. The molecule has 2 heterocycles. The first-order valence-electron chi connectivity index (χ1n) is 8.56. The number of rotatable bonds is 4. The molecule has 3 N–H and O–H groups in total. The van der Waals surface area contributed by atoms with Gasteiger partial charge in [0.2, 0.25) is 0 Å². The van der Waals surface area contributed by atoms with Crippen molar-refractivity contribution in [2.24, 2.45) is 0 Å². The van der Waals surface area contributed by atoms with E-state index in [0.29, 0.717) is 18.2 Å². The van der Waals surface area contributed by atoms with Crippen LogP contribution in [-0.4, -0.2) is 50.7 Å². The molecule has 1 aromatic carbocycles. The van der Waals surface area contributed by atoms with Crippen LogP contribution in [0.2, 0.25) is 0 Å². The molecule has 0 bridgehead atoms. The third-order valence-electron chi connectivity index (χ3n) is 4.31. The van der Waals surface area contributed by atoms with E-state index >= 15 is 0 Å². The predicted octanol–water partition coefficient (Wildman–Crippen LogP) is 3.07. The Bertz CT molecular complexity index is 869. The molecule has 0 amide bonds. The Hall–Kier alpha value is -3.26. The van der Waals surface area contributed by atoms with Crippen molar-refractivity contribution in [1.82, 2.24) is 9.88 Å². The van der Waals surface area contributed by atoms with E-state index in [0.717, 1.165) is 29.7 Å². The Labute approximate surface area is 161 Å². The summed E-state index contributed by atoms with van der Waals surface area (Å²) in [4.78, 5) is 25.7. The number of aliphatic carboxylic acids is 2. The van der Waals surface area contributed by atoms with Crippen molar-refractivity contribution >= 4 is 11.9 Å². The highest BCUT2D eigenvalue weighted by molar-refractivity contribution is 5.89. The zero-order valence-corrected chi connectivity index (χ0v) is 15.2. The molecule has 1 aliphatic rings. The van der Waals surface area contributed by atoms with Gasteiger partial charge in [0.1, 0.15) is 0 Å². The van der Waals surface area contributed by atoms with Crippen LogP contribution in [-0.2, 0) is 9.59 Å². The first kappa shape index (κ1) is 21.0. The van der Waals surface area contributed by atoms with Gasteiger partial charge in [-0.1, -0.05) is 6.07 Å². The number of hydrogen-bond donors (Lipinski definition) is 3. The highest BCUT2D eigenvalue weighted by Crippen LogP contribution is 2.32. The number of phenols is 1. The van der Waals surface area contributed by atoms with Crippen LogP contribution in [0.3, 0.4) is 0 Å². The van der Waals surface area contributed by atoms with Crippen LogP contribution in [0.4, 0.5) is 4.39 Å². The number of pyridine rings is 1. The minimum Gasteiger partial charge on any atom is -0.505 e. The fourth-order valence-electron chi connectivity index (χ4n) is 2.96. The first-order valence-corrected chi connectivity index (χ1v) is 8.56. The van der Waals surface area contributed by atoms with Crippen molar-refractivity contribution in [3.05, 3.63) is 60.2 Å². The molecule has 0 spiro atoms. The molecular formula is C20H21FN2O5. The topological polar surface area (TPSA) is 111 Å². The molecule has 28 heavy (non-hydrogen) atoms. The largest absolute Gasteiger partial charge is 0.505 e. The van der Waals surface area contributed by atoms with E-state index in [4.69, 9.17) is 10.2 Å². The number of likely N-dealkylation sites (tertiary alicyclic amines) is 1. The molecule has 0 radical (unpaired) electrons. The van der Waals surface area contributed by atoms with Crippen LogP contribution >= 0.6 is 0 Å². The Morgan fingerprint density at radius 2 is 1.82 bits per heavy atom. The summed E-state index contributed by atoms with van der Waals surface area (Å²) in [7, 11) is 2.12. The Morgan fingerprint density at radius 1 is 1.14 bits per heavy atom. The quantitative estimate of drug-likeness (QED) is 0.690. The molecule has 2 aromatic rings. The van der Waals surface area contributed by atoms with Crippen molar-refractivity contribution in [3.8, 4) is 16.9 Å². The van der Waals surface area contributed by atoms with Gasteiger partial charge in [0.15, 0.2) is 11.6 Å². The van der Waals surface area contributed by atoms with E-state index in [1.165, 1.54) is 18.6 Å². The molecule has 1 aliphatic heterocycles. The van der Waals surface area contributed by atoms with Gasteiger partial charge in [0.05, 0.1) is 0 Å². The molecule has 1 atom stereocenters. The van der Waals surface area contributed by atoms with Crippen molar-refractivity contribution in [1.29, 1.82) is 0 Å². The van der Waals surface area contributed by atoms with Gasteiger partial charge in [-0.05, 0) is 55.8 Å². The molecule has 7 nitrogen and oxygen atoms in total. The first-order chi connectivity index (χ1) is 13.3. The Balaban J connectivity index is 0.000000300. The van der Waals surface area contributed by atoms with Gasteiger partial charge in [-0.15, -0.1) is 0 Å². The van der Waals surface area contributed by atoms with Crippen LogP contribution in [0, 0.1) is 5.82 Å². The number of benzene rings is 1. The maximum atomic E-state index is 13.4. The third-order valence-corrected chi connectivity index (χ3v) is 4.31. The molecule has 1 aromatic heterocycles. The molecule has 1 fully saturated rings. The van der Waals surface area contributed by atoms with E-state index in [-0.39, 0.29) is 5.75 Å². The van der Waals surface area contributed by atoms with E-state index in [1.54, 1.807) is 12.3 Å². The van der Waals surface area contributed by atoms with Crippen molar-refractivity contribution in [2.45, 2.75) is 18.9 Å². The summed E-state index contributed by atoms with van der Waals surface area (Å²) >= 11 is 0. The summed E-state index contributed by atoms with van der Waals surface area (Å²) < 4.78 is 13.4. The summed E-state index contributed by atoms with van der Waals surface area (Å²) in [5.74, 6) is -3.45. The monoisotopic (exact) mass is 388 g/mol. The maximum Gasteiger partial charge on any atom is 0.328 e. The number of carboxylic acids is 2. The molecule has 8 heteroatoms. The van der Waals surface area contributed by atoms with Gasteiger partial charge in [0, 0.05) is 36.2 Å². The number of carbonyl (C=O) groups is 2. The predicted molar refractivity (Wildman–Crippen MR) is 100 cm³/mol. The lowest BCUT2D eigenvalue weighted by Crippen LogP contribution is -2.17. The molecule has 0 aliphatic carbocycles. The minimum atomic E-state index is -1.26. The second-order valence-corrected chi connectivity index (χ2v) is 6.32. The van der Waals surface area contributed by atoms with Crippen LogP contribution in [0.1, 0.15) is 24.4 Å². The highest BCUT2D eigenvalue weighted by atomic mass is 19.1. The smallest absolute Gasteiger partial charge is 0.328 e. The third kappa shape index (κ3) is 5.88. The average Bonchev–Trinajstić information content (AvgIpc) is 3.09. The number of hydrogen-bond acceptors (Lipinski definition) is 5. The number of halogens is 1. The molecule has 1 unspecified atom stereocenters. The van der Waals surface area contributed by atoms with E-state index in [9.17, 15) is 19.1 Å². The summed E-state index contributed by atoms with van der Waals surface area (Å²) in [6, 6.07) is 6.88. The summed E-state index contributed by atoms with van der Waals surface area (Å²) in [6.45, 7) is 1.10. The van der Waals surface area contributed by atoms with Gasteiger partial charge in [-0.25, -0.2) is 14.0 Å². The summed E-state index contributed by atoms with van der Waals surface area (Å²) in [5.41, 5.74) is 2.77. The number of phenolic OH excluding ortho intramolecular Hbond substituents is 1. The fourth-order valence-corrected chi connectivity index (χ4v) is 2.96. The Morgan fingerprint density at radius 3 is 2.36 bits per heavy atom. The molecule has 0 saturated carbocycles. The number of nitrogens with zero attached hydrogens (tertiary/aromatic N) is 2. The lowest BCUT2D eigenvalue weighted by molar-refractivity contribution is -0.134. The maximum absolute atomic E-state index is 13.4. The van der Waals surface area contributed by atoms with Crippen LogP contribution in [0.25, 0.3) is 11.1 Å². The zero-order valence-electron chi connectivity index (χ0n) is 15.2. The van der Waals surface area contributed by atoms with Crippen LogP contribution in [0.15, 0.2) is 48.8 Å². The molecule has 148 valence electrons. The average molecular weight is 388 g/mol. The lowest BCUT2D eigenvalue weighted by atomic mass is 10.0. The number of carboxylic acid groups (broad SMARTS) is 2. The summed E-state index contributed by atoms with van der Waals surface area (Å²) in [6.07, 6.45) is 7.05. The van der Waals surface area contributed by atoms with Gasteiger partial charge < -0.3 is 15.3 Å². The highest BCUT2D eigenvalue weighted by Gasteiger charge is 2.23. The van der Waals surface area contributed by atoms with Gasteiger partial charge >= 0.3 is 11.9 Å².